The minimum atomic E-state index is -1.47. The van der Waals surface area contributed by atoms with Crippen LogP contribution in [0.25, 0.3) is 0 Å². The number of aliphatic hydroxyl groups excluding tert-OH is 4. The van der Waals surface area contributed by atoms with Crippen molar-refractivity contribution in [3.8, 4) is 5.75 Å². The molecule has 1 aromatic rings. The minimum Gasteiger partial charge on any atom is -0.508 e. The zero-order valence-electron chi connectivity index (χ0n) is 11.5. The van der Waals surface area contributed by atoms with Crippen LogP contribution in [0.15, 0.2) is 24.3 Å². The molecule has 0 amide bonds. The van der Waals surface area contributed by atoms with Crippen LogP contribution in [-0.4, -0.2) is 62.8 Å². The topological polar surface area (TPSA) is 120 Å². The molecule has 0 aromatic heterocycles. The van der Waals surface area contributed by atoms with Gasteiger partial charge in [-0.05, 0) is 24.6 Å². The summed E-state index contributed by atoms with van der Waals surface area (Å²) in [4.78, 5) is 0. The molecule has 0 spiro atoms. The van der Waals surface area contributed by atoms with E-state index in [0.29, 0.717) is 5.56 Å². The fourth-order valence-electron chi connectivity index (χ4n) is 2.24. The summed E-state index contributed by atoms with van der Waals surface area (Å²) in [5.74, 6) is 0.0803. The van der Waals surface area contributed by atoms with E-state index < -0.39 is 43.4 Å². The number of phenolic OH excluding ortho intramolecular Hbond substituents is 1. The Bertz CT molecular complexity index is 464. The Morgan fingerprint density at radius 1 is 1.19 bits per heavy atom. The van der Waals surface area contributed by atoms with E-state index in [1.165, 1.54) is 12.1 Å². The van der Waals surface area contributed by atoms with Gasteiger partial charge in [-0.2, -0.15) is 0 Å². The average molecular weight is 300 g/mol. The zero-order valence-corrected chi connectivity index (χ0v) is 11.5. The molecule has 1 aliphatic rings. The predicted molar refractivity (Wildman–Crippen MR) is 71.4 cm³/mol. The molecule has 21 heavy (non-hydrogen) atoms. The van der Waals surface area contributed by atoms with Crippen molar-refractivity contribution in [2.45, 2.75) is 43.7 Å². The molecule has 5 N–H and O–H groups in total. The number of phenols is 1. The molecule has 7 nitrogen and oxygen atoms in total. The number of benzene rings is 1. The molecule has 1 aromatic carbocycles. The van der Waals surface area contributed by atoms with Crippen LogP contribution in [0, 0.1) is 0 Å². The van der Waals surface area contributed by atoms with Crippen LogP contribution in [0.2, 0.25) is 0 Å². The molecule has 1 heterocycles. The van der Waals surface area contributed by atoms with E-state index in [9.17, 15) is 20.4 Å². The van der Waals surface area contributed by atoms with Gasteiger partial charge in [0.15, 0.2) is 6.29 Å². The molecule has 1 fully saturated rings. The predicted octanol–water partition coefficient (Wildman–Crippen LogP) is -0.730. The Morgan fingerprint density at radius 3 is 2.52 bits per heavy atom. The van der Waals surface area contributed by atoms with Gasteiger partial charge in [0.05, 0.1) is 12.7 Å². The first-order chi connectivity index (χ1) is 9.93. The maximum Gasteiger partial charge on any atom is 0.187 e. The number of aromatic hydroxyl groups is 1. The molecular formula is C14H20O7. The van der Waals surface area contributed by atoms with Crippen LogP contribution < -0.4 is 0 Å². The summed E-state index contributed by atoms with van der Waals surface area (Å²) in [6.45, 7) is 1.18. The Labute approximate surface area is 122 Å². The Balaban J connectivity index is 2.07. The molecule has 1 aliphatic heterocycles. The summed E-state index contributed by atoms with van der Waals surface area (Å²) in [7, 11) is 0. The molecule has 0 radical (unpaired) electrons. The first-order valence-corrected chi connectivity index (χ1v) is 6.69. The monoisotopic (exact) mass is 300 g/mol. The summed E-state index contributed by atoms with van der Waals surface area (Å²) in [5, 5.41) is 47.8. The lowest BCUT2D eigenvalue weighted by Crippen LogP contribution is -2.59. The first kappa shape index (κ1) is 16.2. The minimum absolute atomic E-state index is 0.0803. The molecule has 1 saturated heterocycles. The van der Waals surface area contributed by atoms with Gasteiger partial charge in [-0.15, -0.1) is 0 Å². The largest absolute Gasteiger partial charge is 0.508 e. The molecule has 0 saturated carbocycles. The van der Waals surface area contributed by atoms with E-state index >= 15 is 0 Å². The van der Waals surface area contributed by atoms with Crippen molar-refractivity contribution < 1.29 is 35.0 Å². The third kappa shape index (κ3) is 3.52. The van der Waals surface area contributed by atoms with Crippen LogP contribution in [0.3, 0.4) is 0 Å². The Morgan fingerprint density at radius 2 is 1.90 bits per heavy atom. The fraction of sp³-hybridized carbons (Fsp3) is 0.571. The molecule has 0 bridgehead atoms. The van der Waals surface area contributed by atoms with Crippen molar-refractivity contribution in [3.63, 3.8) is 0 Å². The molecular weight excluding hydrogens is 280 g/mol. The maximum atomic E-state index is 9.88. The maximum absolute atomic E-state index is 9.88. The van der Waals surface area contributed by atoms with E-state index in [1.54, 1.807) is 19.1 Å². The second-order valence-corrected chi connectivity index (χ2v) is 5.07. The second-order valence-electron chi connectivity index (χ2n) is 5.07. The average Bonchev–Trinajstić information content (AvgIpc) is 2.47. The third-order valence-corrected chi connectivity index (χ3v) is 3.53. The van der Waals surface area contributed by atoms with Crippen molar-refractivity contribution >= 4 is 0 Å². The molecule has 0 aliphatic carbocycles. The van der Waals surface area contributed by atoms with Crippen LogP contribution >= 0.6 is 0 Å². The van der Waals surface area contributed by atoms with Gasteiger partial charge in [0.25, 0.3) is 0 Å². The lowest BCUT2D eigenvalue weighted by Gasteiger charge is -2.40. The number of aliphatic hydroxyl groups is 4. The quantitative estimate of drug-likeness (QED) is 0.497. The summed E-state index contributed by atoms with van der Waals surface area (Å²) in [5.41, 5.74) is 0.659. The summed E-state index contributed by atoms with van der Waals surface area (Å²) in [6, 6.07) is 6.41. The standard InChI is InChI=1S/C14H20O7/c1-7(8-3-2-4-9(16)5-8)20-14-13(19)12(18)11(17)10(6-15)21-14/h2-5,7,10-19H,6H2,1H3/t7?,10-,11-,12+,13-,14-/m1/s1. The van der Waals surface area contributed by atoms with E-state index in [0.717, 1.165) is 0 Å². The summed E-state index contributed by atoms with van der Waals surface area (Å²) in [6.07, 6.45) is -7.07. The SMILES string of the molecule is CC(O[C@@H]1O[C@H](CO)[C@@H](O)[C@H](O)[C@H]1O)c1cccc(O)c1. The lowest BCUT2D eigenvalue weighted by molar-refractivity contribution is -0.311. The third-order valence-electron chi connectivity index (χ3n) is 3.53. The van der Waals surface area contributed by atoms with Crippen LogP contribution in [0.5, 0.6) is 5.75 Å². The summed E-state index contributed by atoms with van der Waals surface area (Å²) >= 11 is 0. The van der Waals surface area contributed by atoms with E-state index in [1.807, 2.05) is 0 Å². The molecule has 6 atom stereocenters. The fourth-order valence-corrected chi connectivity index (χ4v) is 2.24. The highest BCUT2D eigenvalue weighted by Gasteiger charge is 2.44. The van der Waals surface area contributed by atoms with Crippen molar-refractivity contribution in [1.29, 1.82) is 0 Å². The Kier molecular flexibility index (Phi) is 5.15. The van der Waals surface area contributed by atoms with Crippen molar-refractivity contribution in [3.05, 3.63) is 29.8 Å². The van der Waals surface area contributed by atoms with Crippen LogP contribution in [0.1, 0.15) is 18.6 Å². The molecule has 118 valence electrons. The molecule has 7 heteroatoms. The van der Waals surface area contributed by atoms with Gasteiger partial charge in [0.1, 0.15) is 30.2 Å². The Hall–Kier alpha value is -1.22. The highest BCUT2D eigenvalue weighted by atomic mass is 16.7. The van der Waals surface area contributed by atoms with E-state index in [-0.39, 0.29) is 5.75 Å². The van der Waals surface area contributed by atoms with Crippen molar-refractivity contribution in [2.24, 2.45) is 0 Å². The summed E-state index contributed by atoms with van der Waals surface area (Å²) < 4.78 is 10.8. The van der Waals surface area contributed by atoms with Crippen molar-refractivity contribution in [1.82, 2.24) is 0 Å². The van der Waals surface area contributed by atoms with Crippen LogP contribution in [-0.2, 0) is 9.47 Å². The van der Waals surface area contributed by atoms with Gasteiger partial charge in [0, 0.05) is 0 Å². The van der Waals surface area contributed by atoms with Gasteiger partial charge in [-0.1, -0.05) is 12.1 Å². The smallest absolute Gasteiger partial charge is 0.187 e. The van der Waals surface area contributed by atoms with Crippen LogP contribution in [0.4, 0.5) is 0 Å². The number of rotatable bonds is 4. The second kappa shape index (κ2) is 6.69. The first-order valence-electron chi connectivity index (χ1n) is 6.69. The molecule has 2 rings (SSSR count). The van der Waals surface area contributed by atoms with E-state index in [2.05, 4.69) is 0 Å². The highest BCUT2D eigenvalue weighted by Crippen LogP contribution is 2.28. The van der Waals surface area contributed by atoms with Crippen molar-refractivity contribution in [2.75, 3.05) is 6.61 Å². The van der Waals surface area contributed by atoms with Gasteiger partial charge < -0.3 is 35.0 Å². The number of hydrogen-bond donors (Lipinski definition) is 5. The normalized spacial score (nSPS) is 34.6. The van der Waals surface area contributed by atoms with Gasteiger partial charge >= 0.3 is 0 Å². The zero-order chi connectivity index (χ0) is 15.6. The number of ether oxygens (including phenoxy) is 2. The number of hydrogen-bond acceptors (Lipinski definition) is 7. The lowest BCUT2D eigenvalue weighted by atomic mass is 9.99. The van der Waals surface area contributed by atoms with Gasteiger partial charge in [-0.25, -0.2) is 0 Å². The molecule has 1 unspecified atom stereocenters. The van der Waals surface area contributed by atoms with E-state index in [4.69, 9.17) is 14.6 Å². The highest BCUT2D eigenvalue weighted by molar-refractivity contribution is 5.28. The van der Waals surface area contributed by atoms with Gasteiger partial charge in [-0.3, -0.25) is 0 Å². The van der Waals surface area contributed by atoms with Gasteiger partial charge in [0.2, 0.25) is 0 Å².